The number of rotatable bonds is 12. The maximum Gasteiger partial charge on any atom is 0.264 e. The number of hydrogen-bond acceptors (Lipinski definition) is 4. The summed E-state index contributed by atoms with van der Waals surface area (Å²) in [5, 5.41) is 2.98. The van der Waals surface area contributed by atoms with Gasteiger partial charge in [-0.1, -0.05) is 80.6 Å². The number of amides is 2. The first-order valence-corrected chi connectivity index (χ1v) is 14.0. The van der Waals surface area contributed by atoms with Crippen molar-refractivity contribution in [2.75, 3.05) is 10.8 Å². The van der Waals surface area contributed by atoms with Crippen molar-refractivity contribution in [1.29, 1.82) is 0 Å². The monoisotopic (exact) mass is 521 g/mol. The Morgan fingerprint density at radius 2 is 1.35 bits per heavy atom. The molecule has 3 rings (SSSR count). The molecule has 0 saturated heterocycles. The van der Waals surface area contributed by atoms with Crippen molar-refractivity contribution in [1.82, 2.24) is 10.2 Å². The Hall–Kier alpha value is -3.65. The lowest BCUT2D eigenvalue weighted by Crippen LogP contribution is -2.53. The van der Waals surface area contributed by atoms with Crippen molar-refractivity contribution in [2.24, 2.45) is 0 Å². The Labute approximate surface area is 220 Å². The molecule has 0 unspecified atom stereocenters. The van der Waals surface area contributed by atoms with E-state index in [1.165, 1.54) is 17.0 Å². The van der Waals surface area contributed by atoms with Crippen molar-refractivity contribution in [3.63, 3.8) is 0 Å². The van der Waals surface area contributed by atoms with Crippen LogP contribution in [0.15, 0.2) is 95.9 Å². The maximum absolute atomic E-state index is 13.9. The number of nitrogens with zero attached hydrogens (tertiary/aromatic N) is 2. The molecular weight excluding hydrogens is 486 g/mol. The van der Waals surface area contributed by atoms with Crippen LogP contribution in [0.25, 0.3) is 0 Å². The van der Waals surface area contributed by atoms with Crippen LogP contribution in [0.3, 0.4) is 0 Å². The largest absolute Gasteiger partial charge is 0.352 e. The van der Waals surface area contributed by atoms with Crippen LogP contribution in [0.5, 0.6) is 0 Å². The highest BCUT2D eigenvalue weighted by Gasteiger charge is 2.33. The third-order valence-electron chi connectivity index (χ3n) is 6.24. The Kier molecular flexibility index (Phi) is 9.85. The van der Waals surface area contributed by atoms with Crippen molar-refractivity contribution in [3.8, 4) is 0 Å². The summed E-state index contributed by atoms with van der Waals surface area (Å²) in [6, 6.07) is 25.2. The van der Waals surface area contributed by atoms with Gasteiger partial charge >= 0.3 is 0 Å². The summed E-state index contributed by atoms with van der Waals surface area (Å²) in [6.07, 6.45) is 1.14. The summed E-state index contributed by atoms with van der Waals surface area (Å²) < 4.78 is 28.5. The molecule has 3 aromatic carbocycles. The Bertz CT molecular complexity index is 1250. The quantitative estimate of drug-likeness (QED) is 0.377. The molecule has 0 spiro atoms. The minimum absolute atomic E-state index is 0.0468. The molecule has 0 saturated carbocycles. The molecule has 0 aliphatic heterocycles. The Morgan fingerprint density at radius 3 is 1.89 bits per heavy atom. The van der Waals surface area contributed by atoms with Gasteiger partial charge in [-0.3, -0.25) is 13.9 Å². The highest BCUT2D eigenvalue weighted by atomic mass is 32.2. The molecule has 196 valence electrons. The third-order valence-corrected chi connectivity index (χ3v) is 8.03. The summed E-state index contributed by atoms with van der Waals surface area (Å²) in [4.78, 5) is 28.7. The van der Waals surface area contributed by atoms with Crippen LogP contribution in [0.4, 0.5) is 5.69 Å². The molecule has 0 aromatic heterocycles. The average molecular weight is 522 g/mol. The average Bonchev–Trinajstić information content (AvgIpc) is 2.92. The molecule has 0 fully saturated rings. The number of benzene rings is 3. The lowest BCUT2D eigenvalue weighted by molar-refractivity contribution is -0.140. The second-order valence-electron chi connectivity index (χ2n) is 8.91. The minimum Gasteiger partial charge on any atom is -0.352 e. The van der Waals surface area contributed by atoms with Gasteiger partial charge in [0, 0.05) is 12.6 Å². The number of anilines is 1. The van der Waals surface area contributed by atoms with E-state index in [2.05, 4.69) is 5.32 Å². The first-order chi connectivity index (χ1) is 17.8. The molecule has 0 radical (unpaired) electrons. The van der Waals surface area contributed by atoms with Crippen molar-refractivity contribution in [2.45, 2.75) is 57.1 Å². The van der Waals surface area contributed by atoms with Crippen LogP contribution in [0.1, 0.15) is 39.2 Å². The van der Waals surface area contributed by atoms with Gasteiger partial charge in [0.2, 0.25) is 11.8 Å². The molecule has 1 N–H and O–H groups in total. The van der Waals surface area contributed by atoms with Crippen LogP contribution in [-0.2, 0) is 26.2 Å². The first kappa shape index (κ1) is 27.9. The van der Waals surface area contributed by atoms with E-state index in [1.54, 1.807) is 48.5 Å². The number of hydrogen-bond donors (Lipinski definition) is 1. The van der Waals surface area contributed by atoms with E-state index in [4.69, 9.17) is 0 Å². The highest BCUT2D eigenvalue weighted by molar-refractivity contribution is 7.92. The fourth-order valence-electron chi connectivity index (χ4n) is 3.98. The topological polar surface area (TPSA) is 86.8 Å². The van der Waals surface area contributed by atoms with Crippen LogP contribution >= 0.6 is 0 Å². The fraction of sp³-hybridized carbons (Fsp3) is 0.310. The van der Waals surface area contributed by atoms with Crippen LogP contribution in [-0.4, -0.2) is 43.8 Å². The lowest BCUT2D eigenvalue weighted by Gasteiger charge is -2.33. The van der Waals surface area contributed by atoms with E-state index in [0.717, 1.165) is 16.3 Å². The smallest absolute Gasteiger partial charge is 0.264 e. The van der Waals surface area contributed by atoms with Gasteiger partial charge < -0.3 is 10.2 Å². The van der Waals surface area contributed by atoms with Gasteiger partial charge in [-0.2, -0.15) is 0 Å². The first-order valence-electron chi connectivity index (χ1n) is 12.5. The maximum atomic E-state index is 13.9. The van der Waals surface area contributed by atoms with E-state index < -0.39 is 28.5 Å². The molecule has 0 heterocycles. The fourth-order valence-corrected chi connectivity index (χ4v) is 5.42. The van der Waals surface area contributed by atoms with Crippen LogP contribution < -0.4 is 9.62 Å². The van der Waals surface area contributed by atoms with Crippen LogP contribution in [0.2, 0.25) is 0 Å². The second-order valence-corrected chi connectivity index (χ2v) is 10.8. The van der Waals surface area contributed by atoms with Gasteiger partial charge in [0.1, 0.15) is 12.6 Å². The molecule has 3 aromatic rings. The van der Waals surface area contributed by atoms with Crippen LogP contribution in [0, 0.1) is 0 Å². The molecule has 0 aliphatic rings. The molecule has 0 bridgehead atoms. The Morgan fingerprint density at radius 1 is 0.811 bits per heavy atom. The highest BCUT2D eigenvalue weighted by Crippen LogP contribution is 2.24. The Balaban J connectivity index is 2.00. The predicted molar refractivity (Wildman–Crippen MR) is 146 cm³/mol. The summed E-state index contributed by atoms with van der Waals surface area (Å²) in [5.74, 6) is -0.711. The third kappa shape index (κ3) is 7.20. The summed E-state index contributed by atoms with van der Waals surface area (Å²) in [6.45, 7) is 5.48. The summed E-state index contributed by atoms with van der Waals surface area (Å²) in [7, 11) is -4.05. The number of carbonyl (C=O) groups is 2. The van der Waals surface area contributed by atoms with Gasteiger partial charge in [0.15, 0.2) is 0 Å². The van der Waals surface area contributed by atoms with Gasteiger partial charge in [0.05, 0.1) is 10.6 Å². The molecule has 37 heavy (non-hydrogen) atoms. The van der Waals surface area contributed by atoms with Gasteiger partial charge in [-0.05, 0) is 49.6 Å². The number of para-hydroxylation sites is 1. The molecule has 2 amide bonds. The van der Waals surface area contributed by atoms with E-state index in [1.807, 2.05) is 51.1 Å². The zero-order valence-electron chi connectivity index (χ0n) is 21.6. The zero-order chi connectivity index (χ0) is 26.8. The molecule has 8 heteroatoms. The molecule has 2 atom stereocenters. The molecule has 7 nitrogen and oxygen atoms in total. The SMILES string of the molecule is CC[C@H](C)NC(=O)[C@H](CC)N(Cc1ccccc1)C(=O)CN(c1ccccc1)S(=O)(=O)c1ccccc1. The predicted octanol–water partition coefficient (Wildman–Crippen LogP) is 4.60. The van der Waals surface area contributed by atoms with Crippen molar-refractivity contribution in [3.05, 3.63) is 96.6 Å². The van der Waals surface area contributed by atoms with Crippen molar-refractivity contribution < 1.29 is 18.0 Å². The van der Waals surface area contributed by atoms with E-state index in [0.29, 0.717) is 12.1 Å². The second kappa shape index (κ2) is 13.1. The van der Waals surface area contributed by atoms with E-state index in [-0.39, 0.29) is 23.4 Å². The molecule has 0 aliphatic carbocycles. The minimum atomic E-state index is -4.05. The lowest BCUT2D eigenvalue weighted by atomic mass is 10.1. The number of sulfonamides is 1. The zero-order valence-corrected chi connectivity index (χ0v) is 22.4. The van der Waals surface area contributed by atoms with Gasteiger partial charge in [-0.15, -0.1) is 0 Å². The van der Waals surface area contributed by atoms with Gasteiger partial charge in [0.25, 0.3) is 10.0 Å². The standard InChI is InChI=1S/C29H35N3O4S/c1-4-23(3)30-29(34)27(5-2)31(21-24-15-9-6-10-16-24)28(33)22-32(25-17-11-7-12-18-25)37(35,36)26-19-13-8-14-20-26/h6-20,23,27H,4-5,21-22H2,1-3H3,(H,30,34)/t23-,27-/m0/s1. The number of nitrogens with one attached hydrogen (secondary N) is 1. The van der Waals surface area contributed by atoms with Crippen molar-refractivity contribution >= 4 is 27.5 Å². The molecular formula is C29H35N3O4S. The number of carbonyl (C=O) groups excluding carboxylic acids is 2. The summed E-state index contributed by atoms with van der Waals surface area (Å²) in [5.41, 5.74) is 1.22. The van der Waals surface area contributed by atoms with E-state index in [9.17, 15) is 18.0 Å². The van der Waals surface area contributed by atoms with E-state index >= 15 is 0 Å². The summed E-state index contributed by atoms with van der Waals surface area (Å²) >= 11 is 0. The van der Waals surface area contributed by atoms with Gasteiger partial charge in [-0.25, -0.2) is 8.42 Å². The normalized spacial score (nSPS) is 12.8.